The molecule has 1 aliphatic rings. The smallest absolute Gasteiger partial charge is 0.140 e. The van der Waals surface area contributed by atoms with Crippen molar-refractivity contribution in [2.45, 2.75) is 19.4 Å². The van der Waals surface area contributed by atoms with Crippen LogP contribution in [0, 0.1) is 0 Å². The van der Waals surface area contributed by atoms with Gasteiger partial charge in [-0.15, -0.1) is 0 Å². The van der Waals surface area contributed by atoms with Gasteiger partial charge in [0.1, 0.15) is 12.1 Å². The minimum atomic E-state index is 0.0787. The van der Waals surface area contributed by atoms with Gasteiger partial charge in [0, 0.05) is 30.6 Å². The molecule has 18 heavy (non-hydrogen) atoms. The van der Waals surface area contributed by atoms with E-state index in [0.29, 0.717) is 0 Å². The van der Waals surface area contributed by atoms with Gasteiger partial charge in [0.15, 0.2) is 0 Å². The van der Waals surface area contributed by atoms with Crippen molar-refractivity contribution in [3.8, 4) is 0 Å². The van der Waals surface area contributed by atoms with Crippen LogP contribution in [0.2, 0.25) is 0 Å². The lowest BCUT2D eigenvalue weighted by atomic mass is 9.99. The van der Waals surface area contributed by atoms with Crippen LogP contribution in [0.5, 0.6) is 0 Å². The van der Waals surface area contributed by atoms with E-state index in [1.54, 1.807) is 6.33 Å². The molecule has 2 aromatic rings. The van der Waals surface area contributed by atoms with Crippen LogP contribution in [-0.4, -0.2) is 35.1 Å². The molecule has 1 fully saturated rings. The summed E-state index contributed by atoms with van der Waals surface area (Å²) in [4.78, 5) is 11.2. The highest BCUT2D eigenvalue weighted by molar-refractivity contribution is 5.89. The van der Waals surface area contributed by atoms with E-state index in [4.69, 9.17) is 0 Å². The summed E-state index contributed by atoms with van der Waals surface area (Å²) in [5.41, 5.74) is 1.09. The number of hydrogen-bond acceptors (Lipinski definition) is 4. The lowest BCUT2D eigenvalue weighted by Crippen LogP contribution is -2.58. The van der Waals surface area contributed by atoms with Crippen molar-refractivity contribution in [1.29, 1.82) is 0 Å². The number of nitrogens with zero attached hydrogens (tertiary/aromatic N) is 3. The van der Waals surface area contributed by atoms with E-state index in [1.807, 2.05) is 18.2 Å². The van der Waals surface area contributed by atoms with E-state index in [-0.39, 0.29) is 5.54 Å². The molecule has 0 bridgehead atoms. The molecule has 1 aliphatic heterocycles. The van der Waals surface area contributed by atoms with Gasteiger partial charge < -0.3 is 10.2 Å². The third-order valence-electron chi connectivity index (χ3n) is 3.58. The van der Waals surface area contributed by atoms with Crippen LogP contribution in [-0.2, 0) is 0 Å². The second kappa shape index (κ2) is 4.21. The molecule has 4 nitrogen and oxygen atoms in total. The summed E-state index contributed by atoms with van der Waals surface area (Å²) in [5.74, 6) is 1.05. The Hall–Kier alpha value is -1.68. The molecule has 0 amide bonds. The van der Waals surface area contributed by atoms with Crippen LogP contribution in [0.3, 0.4) is 0 Å². The molecular weight excluding hydrogens is 224 g/mol. The summed E-state index contributed by atoms with van der Waals surface area (Å²) in [6.45, 7) is 7.45. The molecule has 2 heterocycles. The predicted molar refractivity (Wildman–Crippen MR) is 73.8 cm³/mol. The first-order chi connectivity index (χ1) is 8.68. The number of anilines is 1. The van der Waals surface area contributed by atoms with Crippen LogP contribution >= 0.6 is 0 Å². The molecule has 0 atom stereocenters. The Labute approximate surface area is 107 Å². The second-order valence-electron chi connectivity index (χ2n) is 5.36. The zero-order valence-electron chi connectivity index (χ0n) is 10.8. The third-order valence-corrected chi connectivity index (χ3v) is 3.58. The average Bonchev–Trinajstić information content (AvgIpc) is 2.38. The number of hydrogen-bond donors (Lipinski definition) is 1. The van der Waals surface area contributed by atoms with E-state index >= 15 is 0 Å². The quantitative estimate of drug-likeness (QED) is 0.828. The molecule has 1 saturated heterocycles. The summed E-state index contributed by atoms with van der Waals surface area (Å²) in [7, 11) is 0. The van der Waals surface area contributed by atoms with Gasteiger partial charge >= 0.3 is 0 Å². The fraction of sp³-hybridized carbons (Fsp3) is 0.429. The second-order valence-corrected chi connectivity index (χ2v) is 5.36. The maximum absolute atomic E-state index is 4.51. The number of aromatic nitrogens is 2. The van der Waals surface area contributed by atoms with E-state index in [0.717, 1.165) is 36.4 Å². The summed E-state index contributed by atoms with van der Waals surface area (Å²) in [6, 6.07) is 8.20. The van der Waals surface area contributed by atoms with Crippen molar-refractivity contribution in [2.75, 3.05) is 24.5 Å². The highest BCUT2D eigenvalue weighted by atomic mass is 15.3. The largest absolute Gasteiger partial charge is 0.348 e. The Kier molecular flexibility index (Phi) is 2.67. The van der Waals surface area contributed by atoms with Gasteiger partial charge in [-0.3, -0.25) is 0 Å². The molecule has 0 unspecified atom stereocenters. The van der Waals surface area contributed by atoms with Crippen LogP contribution in [0.4, 0.5) is 5.82 Å². The van der Waals surface area contributed by atoms with Gasteiger partial charge in [-0.1, -0.05) is 12.1 Å². The number of piperazine rings is 1. The van der Waals surface area contributed by atoms with Crippen LogP contribution in [0.15, 0.2) is 30.6 Å². The van der Waals surface area contributed by atoms with Gasteiger partial charge in [0.25, 0.3) is 0 Å². The standard InChI is InChI=1S/C14H18N4/c1-14(2)9-15-7-8-18(14)13-11-5-3-4-6-12(11)16-10-17-13/h3-6,10,15H,7-9H2,1-2H3. The van der Waals surface area contributed by atoms with Crippen LogP contribution < -0.4 is 10.2 Å². The number of para-hydroxylation sites is 1. The summed E-state index contributed by atoms with van der Waals surface area (Å²) in [5, 5.41) is 4.57. The topological polar surface area (TPSA) is 41.0 Å². The van der Waals surface area contributed by atoms with E-state index in [2.05, 4.69) is 40.1 Å². The van der Waals surface area contributed by atoms with Crippen molar-refractivity contribution in [2.24, 2.45) is 0 Å². The molecule has 1 N–H and O–H groups in total. The Morgan fingerprint density at radius 2 is 2.06 bits per heavy atom. The van der Waals surface area contributed by atoms with Crippen molar-refractivity contribution in [3.63, 3.8) is 0 Å². The Balaban J connectivity index is 2.13. The molecule has 0 saturated carbocycles. The Bertz CT molecular complexity index is 559. The molecule has 1 aromatic heterocycles. The number of nitrogens with one attached hydrogen (secondary N) is 1. The Morgan fingerprint density at radius 3 is 2.89 bits per heavy atom. The molecule has 1 aromatic carbocycles. The molecule has 94 valence electrons. The summed E-state index contributed by atoms with van der Waals surface area (Å²) >= 11 is 0. The van der Waals surface area contributed by atoms with Gasteiger partial charge in [0.2, 0.25) is 0 Å². The number of fused-ring (bicyclic) bond motifs is 1. The van der Waals surface area contributed by atoms with Crippen molar-refractivity contribution in [1.82, 2.24) is 15.3 Å². The zero-order valence-corrected chi connectivity index (χ0v) is 10.8. The van der Waals surface area contributed by atoms with E-state index in [9.17, 15) is 0 Å². The highest BCUT2D eigenvalue weighted by Gasteiger charge is 2.31. The third kappa shape index (κ3) is 1.82. The lowest BCUT2D eigenvalue weighted by molar-refractivity contribution is 0.378. The van der Waals surface area contributed by atoms with E-state index < -0.39 is 0 Å². The lowest BCUT2D eigenvalue weighted by Gasteiger charge is -2.44. The fourth-order valence-corrected chi connectivity index (χ4v) is 2.58. The molecular formula is C14H18N4. The number of rotatable bonds is 1. The number of benzene rings is 1. The van der Waals surface area contributed by atoms with Crippen molar-refractivity contribution in [3.05, 3.63) is 30.6 Å². The monoisotopic (exact) mass is 242 g/mol. The van der Waals surface area contributed by atoms with Gasteiger partial charge in [-0.25, -0.2) is 9.97 Å². The zero-order chi connectivity index (χ0) is 12.6. The van der Waals surface area contributed by atoms with Crippen LogP contribution in [0.1, 0.15) is 13.8 Å². The normalized spacial score (nSPS) is 19.1. The first-order valence-electron chi connectivity index (χ1n) is 6.37. The minimum absolute atomic E-state index is 0.0787. The minimum Gasteiger partial charge on any atom is -0.348 e. The van der Waals surface area contributed by atoms with E-state index in [1.165, 1.54) is 0 Å². The van der Waals surface area contributed by atoms with Crippen LogP contribution in [0.25, 0.3) is 10.9 Å². The first kappa shape index (κ1) is 11.4. The maximum atomic E-state index is 4.51. The Morgan fingerprint density at radius 1 is 1.22 bits per heavy atom. The van der Waals surface area contributed by atoms with Crippen molar-refractivity contribution < 1.29 is 0 Å². The van der Waals surface area contributed by atoms with Gasteiger partial charge in [0.05, 0.1) is 5.52 Å². The SMILES string of the molecule is CC1(C)CNCCN1c1ncnc2ccccc12. The highest BCUT2D eigenvalue weighted by Crippen LogP contribution is 2.29. The molecule has 3 rings (SSSR count). The fourth-order valence-electron chi connectivity index (χ4n) is 2.58. The summed E-state index contributed by atoms with van der Waals surface area (Å²) < 4.78 is 0. The van der Waals surface area contributed by atoms with Crippen molar-refractivity contribution >= 4 is 16.7 Å². The molecule has 0 aliphatic carbocycles. The molecule has 4 heteroatoms. The maximum Gasteiger partial charge on any atom is 0.140 e. The van der Waals surface area contributed by atoms with Gasteiger partial charge in [-0.05, 0) is 26.0 Å². The molecule has 0 radical (unpaired) electrons. The predicted octanol–water partition coefficient (Wildman–Crippen LogP) is 1.82. The first-order valence-corrected chi connectivity index (χ1v) is 6.37. The van der Waals surface area contributed by atoms with Gasteiger partial charge in [-0.2, -0.15) is 0 Å². The molecule has 0 spiro atoms. The summed E-state index contributed by atoms with van der Waals surface area (Å²) in [6.07, 6.45) is 1.66. The average molecular weight is 242 g/mol.